The van der Waals surface area contributed by atoms with Crippen LogP contribution in [-0.4, -0.2) is 41.9 Å². The van der Waals surface area contributed by atoms with Gasteiger partial charge in [-0.05, 0) is 39.4 Å². The van der Waals surface area contributed by atoms with Crippen molar-refractivity contribution in [2.45, 2.75) is 69.9 Å². The first-order chi connectivity index (χ1) is 9.08. The van der Waals surface area contributed by atoms with Gasteiger partial charge in [0, 0.05) is 0 Å². The summed E-state index contributed by atoms with van der Waals surface area (Å²) in [5, 5.41) is -0.492. The molecule has 1 rings (SSSR count). The molecule has 0 radical (unpaired) electrons. The highest BCUT2D eigenvalue weighted by Crippen LogP contribution is 2.40. The van der Waals surface area contributed by atoms with Crippen molar-refractivity contribution >= 4 is 26.5 Å². The Morgan fingerprint density at radius 2 is 1.57 bits per heavy atom. The SMILES string of the molecule is CC(C#CC1(OS(C)(=O)=O)CC1)(O[Si](C)(C)C)[Si](C)(C)C. The Hall–Kier alpha value is -0.136. The minimum Gasteiger partial charge on any atom is -0.405 e. The van der Waals surface area contributed by atoms with Gasteiger partial charge in [-0.1, -0.05) is 31.5 Å². The fourth-order valence-electron chi connectivity index (χ4n) is 1.84. The van der Waals surface area contributed by atoms with E-state index in [0.29, 0.717) is 12.8 Å². The highest BCUT2D eigenvalue weighted by atomic mass is 32.2. The van der Waals surface area contributed by atoms with Gasteiger partial charge in [0.2, 0.25) is 0 Å². The van der Waals surface area contributed by atoms with Crippen LogP contribution in [0.2, 0.25) is 39.3 Å². The normalized spacial score (nSPS) is 21.1. The van der Waals surface area contributed by atoms with Crippen LogP contribution in [0.5, 0.6) is 0 Å². The van der Waals surface area contributed by atoms with Crippen LogP contribution < -0.4 is 0 Å². The minimum absolute atomic E-state index is 0.492. The van der Waals surface area contributed by atoms with E-state index in [4.69, 9.17) is 8.61 Å². The first kappa shape index (κ1) is 18.9. The van der Waals surface area contributed by atoms with Crippen molar-refractivity contribution in [1.82, 2.24) is 0 Å². The second kappa shape index (κ2) is 5.50. The molecule has 4 nitrogen and oxygen atoms in total. The van der Waals surface area contributed by atoms with E-state index in [0.717, 1.165) is 6.26 Å². The molecule has 122 valence electrons. The molecule has 1 aliphatic rings. The van der Waals surface area contributed by atoms with E-state index in [-0.39, 0.29) is 0 Å². The van der Waals surface area contributed by atoms with Crippen LogP contribution in [0.25, 0.3) is 0 Å². The van der Waals surface area contributed by atoms with Crippen LogP contribution in [0.1, 0.15) is 19.8 Å². The van der Waals surface area contributed by atoms with Crippen molar-refractivity contribution in [3.8, 4) is 11.8 Å². The van der Waals surface area contributed by atoms with Crippen molar-refractivity contribution < 1.29 is 17.0 Å². The van der Waals surface area contributed by atoms with Crippen LogP contribution in [0.15, 0.2) is 0 Å². The van der Waals surface area contributed by atoms with E-state index < -0.39 is 37.3 Å². The molecule has 0 saturated heterocycles. The van der Waals surface area contributed by atoms with Gasteiger partial charge in [-0.25, -0.2) is 0 Å². The van der Waals surface area contributed by atoms with Gasteiger partial charge in [0.15, 0.2) is 8.32 Å². The quantitative estimate of drug-likeness (QED) is 0.435. The molecule has 0 N–H and O–H groups in total. The van der Waals surface area contributed by atoms with Crippen molar-refractivity contribution in [2.24, 2.45) is 0 Å². The molecular weight excluding hydrogens is 320 g/mol. The molecule has 1 atom stereocenters. The monoisotopic (exact) mass is 348 g/mol. The largest absolute Gasteiger partial charge is 0.405 e. The molecule has 21 heavy (non-hydrogen) atoms. The third kappa shape index (κ3) is 5.87. The lowest BCUT2D eigenvalue weighted by atomic mass is 10.3. The predicted octanol–water partition coefficient (Wildman–Crippen LogP) is 2.99. The van der Waals surface area contributed by atoms with Gasteiger partial charge in [-0.3, -0.25) is 4.18 Å². The van der Waals surface area contributed by atoms with E-state index in [9.17, 15) is 8.42 Å². The summed E-state index contributed by atoms with van der Waals surface area (Å²) in [6.45, 7) is 15.1. The summed E-state index contributed by atoms with van der Waals surface area (Å²) in [6.07, 6.45) is 2.41. The molecule has 0 bridgehead atoms. The van der Waals surface area contributed by atoms with Crippen molar-refractivity contribution in [3.05, 3.63) is 0 Å². The van der Waals surface area contributed by atoms with E-state index in [1.54, 1.807) is 0 Å². The van der Waals surface area contributed by atoms with Gasteiger partial charge in [0.05, 0.1) is 14.3 Å². The van der Waals surface area contributed by atoms with Crippen LogP contribution >= 0.6 is 0 Å². The highest BCUT2D eigenvalue weighted by molar-refractivity contribution is 7.86. The second-order valence-corrected chi connectivity index (χ2v) is 19.5. The lowest BCUT2D eigenvalue weighted by molar-refractivity contribution is 0.213. The molecule has 0 aromatic rings. The predicted molar refractivity (Wildman–Crippen MR) is 91.9 cm³/mol. The first-order valence-electron chi connectivity index (χ1n) is 7.23. The Labute approximate surface area is 131 Å². The van der Waals surface area contributed by atoms with Gasteiger partial charge in [-0.15, -0.1) is 0 Å². The number of hydrogen-bond acceptors (Lipinski definition) is 4. The summed E-state index contributed by atoms with van der Waals surface area (Å²) in [6, 6.07) is 0. The zero-order chi connectivity index (χ0) is 16.7. The Bertz CT molecular complexity index is 556. The molecule has 0 amide bonds. The Kier molecular flexibility index (Phi) is 4.95. The molecular formula is C14H28O4SSi2. The number of hydrogen-bond donors (Lipinski definition) is 0. The smallest absolute Gasteiger partial charge is 0.265 e. The number of rotatable bonds is 5. The lowest BCUT2D eigenvalue weighted by Crippen LogP contribution is -2.55. The summed E-state index contributed by atoms with van der Waals surface area (Å²) in [5.74, 6) is 6.33. The van der Waals surface area contributed by atoms with E-state index in [1.165, 1.54) is 0 Å². The van der Waals surface area contributed by atoms with Crippen LogP contribution in [0.4, 0.5) is 0 Å². The van der Waals surface area contributed by atoms with Gasteiger partial charge in [-0.2, -0.15) is 8.42 Å². The second-order valence-electron chi connectivity index (χ2n) is 8.03. The van der Waals surface area contributed by atoms with Crippen molar-refractivity contribution in [3.63, 3.8) is 0 Å². The topological polar surface area (TPSA) is 52.6 Å². The molecule has 1 saturated carbocycles. The summed E-state index contributed by atoms with van der Waals surface area (Å²) in [7, 11) is -6.95. The maximum Gasteiger partial charge on any atom is 0.265 e. The summed E-state index contributed by atoms with van der Waals surface area (Å²) in [4.78, 5) is 0. The molecule has 1 fully saturated rings. The zero-order valence-corrected chi connectivity index (χ0v) is 17.3. The summed E-state index contributed by atoms with van der Waals surface area (Å²) < 4.78 is 34.2. The molecule has 1 aliphatic carbocycles. The van der Waals surface area contributed by atoms with Crippen LogP contribution in [0, 0.1) is 11.8 Å². The molecule has 0 aliphatic heterocycles. The molecule has 0 aromatic carbocycles. The molecule has 7 heteroatoms. The van der Waals surface area contributed by atoms with Crippen LogP contribution in [-0.2, 0) is 18.7 Å². The Morgan fingerprint density at radius 1 is 1.10 bits per heavy atom. The van der Waals surface area contributed by atoms with Gasteiger partial charge in [0.25, 0.3) is 10.1 Å². The van der Waals surface area contributed by atoms with Crippen molar-refractivity contribution in [2.75, 3.05) is 6.26 Å². The fourth-order valence-corrected chi connectivity index (χ4v) is 6.49. The Balaban J connectivity index is 3.08. The highest BCUT2D eigenvalue weighted by Gasteiger charge is 2.48. The standard InChI is InChI=1S/C14H28O4SSi2/c1-13(20(3,4)5,18-21(6,7)8)9-10-14(11-12-14)17-19(2,15)16/h11-12H2,1-8H3. The molecule has 0 spiro atoms. The molecule has 1 unspecified atom stereocenters. The maximum absolute atomic E-state index is 11.3. The van der Waals surface area contributed by atoms with E-state index in [1.807, 2.05) is 6.92 Å². The van der Waals surface area contributed by atoms with Crippen LogP contribution in [0.3, 0.4) is 0 Å². The average Bonchev–Trinajstić information content (AvgIpc) is 2.88. The summed E-state index contributed by atoms with van der Waals surface area (Å²) >= 11 is 0. The van der Waals surface area contributed by atoms with Gasteiger partial charge in [0.1, 0.15) is 10.8 Å². The fraction of sp³-hybridized carbons (Fsp3) is 0.857. The molecule has 0 aromatic heterocycles. The third-order valence-corrected chi connectivity index (χ3v) is 8.42. The van der Waals surface area contributed by atoms with E-state index >= 15 is 0 Å². The van der Waals surface area contributed by atoms with Gasteiger partial charge < -0.3 is 4.43 Å². The van der Waals surface area contributed by atoms with E-state index in [2.05, 4.69) is 51.1 Å². The molecule has 0 heterocycles. The minimum atomic E-state index is -3.48. The maximum atomic E-state index is 11.3. The lowest BCUT2D eigenvalue weighted by Gasteiger charge is -2.41. The summed E-state index contributed by atoms with van der Waals surface area (Å²) in [5.41, 5.74) is -0.808. The van der Waals surface area contributed by atoms with Crippen molar-refractivity contribution in [1.29, 1.82) is 0 Å². The first-order valence-corrected chi connectivity index (χ1v) is 16.0. The Morgan fingerprint density at radius 3 is 1.86 bits per heavy atom. The van der Waals surface area contributed by atoms with Gasteiger partial charge >= 0.3 is 0 Å². The third-order valence-electron chi connectivity index (χ3n) is 3.49. The zero-order valence-electron chi connectivity index (χ0n) is 14.5. The average molecular weight is 349 g/mol.